The van der Waals surface area contributed by atoms with Gasteiger partial charge in [0, 0.05) is 42.9 Å². The third-order valence-electron chi connectivity index (χ3n) is 8.76. The Morgan fingerprint density at radius 1 is 1.02 bits per heavy atom. The molecule has 0 aromatic heterocycles. The Hall–Kier alpha value is -2.30. The summed E-state index contributed by atoms with van der Waals surface area (Å²) in [5, 5.41) is 1.04. The maximum absolute atomic E-state index is 12.9. The summed E-state index contributed by atoms with van der Waals surface area (Å²) in [6.45, 7) is 11.5. The lowest BCUT2D eigenvalue weighted by atomic mass is 9.76. The Kier molecular flexibility index (Phi) is 10.8. The predicted molar refractivity (Wildman–Crippen MR) is 170 cm³/mol. The molecule has 1 heterocycles. The SMILES string of the molecule is CCOC(=O)CC1(C)C(C=Cc2ccc(N(CC)CC)cc2)=[N+](CCCCC2CCCC2)c2cc(Cl)c(Cl)cc21. The van der Waals surface area contributed by atoms with Gasteiger partial charge in [-0.2, -0.15) is 4.58 Å². The molecular weight excluding hydrogens is 539 g/mol. The van der Waals surface area contributed by atoms with E-state index in [1.165, 1.54) is 44.2 Å². The second kappa shape index (κ2) is 14.0. The van der Waals surface area contributed by atoms with Crippen LogP contribution in [0.4, 0.5) is 11.4 Å². The van der Waals surface area contributed by atoms with Gasteiger partial charge >= 0.3 is 5.97 Å². The molecule has 0 radical (unpaired) electrons. The number of unbranched alkanes of at least 4 members (excludes halogenated alkanes) is 1. The Balaban J connectivity index is 1.70. The van der Waals surface area contributed by atoms with E-state index in [0.29, 0.717) is 16.7 Å². The first-order valence-electron chi connectivity index (χ1n) is 15.1. The standard InChI is InChI=1S/C34H45Cl2N2O2/c1-5-37(6-2)27-18-15-26(16-19-27)17-20-32-34(4,24-33(39)40-7-3)28-22-29(35)30(36)23-31(28)38(32)21-11-10-14-25-12-8-9-13-25/h15-20,22-23,25H,5-14,21,24H2,1-4H3/q+1. The molecule has 40 heavy (non-hydrogen) atoms. The van der Waals surface area contributed by atoms with Crippen LogP contribution in [0, 0.1) is 5.92 Å². The lowest BCUT2D eigenvalue weighted by molar-refractivity contribution is -0.438. The van der Waals surface area contributed by atoms with Crippen LogP contribution in [0.15, 0.2) is 42.5 Å². The first-order valence-corrected chi connectivity index (χ1v) is 15.9. The molecular formula is C34H45Cl2N2O2+. The Bertz CT molecular complexity index is 1230. The van der Waals surface area contributed by atoms with Crippen LogP contribution in [-0.4, -0.2) is 42.5 Å². The number of hydrogen-bond donors (Lipinski definition) is 0. The topological polar surface area (TPSA) is 32.5 Å². The van der Waals surface area contributed by atoms with Gasteiger partial charge in [-0.15, -0.1) is 0 Å². The van der Waals surface area contributed by atoms with Crippen molar-refractivity contribution in [3.05, 3.63) is 63.6 Å². The van der Waals surface area contributed by atoms with Gasteiger partial charge in [0.05, 0.1) is 28.5 Å². The van der Waals surface area contributed by atoms with Crippen LogP contribution in [0.1, 0.15) is 90.2 Å². The highest BCUT2D eigenvalue weighted by Crippen LogP contribution is 2.46. The van der Waals surface area contributed by atoms with Gasteiger partial charge in [-0.1, -0.05) is 67.4 Å². The van der Waals surface area contributed by atoms with Gasteiger partial charge in [-0.25, -0.2) is 0 Å². The van der Waals surface area contributed by atoms with E-state index in [0.717, 1.165) is 54.5 Å². The van der Waals surface area contributed by atoms with Crippen molar-refractivity contribution < 1.29 is 14.1 Å². The fourth-order valence-corrected chi connectivity index (χ4v) is 6.85. The van der Waals surface area contributed by atoms with E-state index in [9.17, 15) is 4.79 Å². The average Bonchev–Trinajstić information content (AvgIpc) is 3.53. The highest BCUT2D eigenvalue weighted by atomic mass is 35.5. The highest BCUT2D eigenvalue weighted by Gasteiger charge is 2.49. The van der Waals surface area contributed by atoms with Gasteiger partial charge in [-0.3, -0.25) is 4.79 Å². The first-order chi connectivity index (χ1) is 19.3. The number of hydrogen-bond acceptors (Lipinski definition) is 3. The van der Waals surface area contributed by atoms with Crippen molar-refractivity contribution in [3.8, 4) is 0 Å². The van der Waals surface area contributed by atoms with Crippen LogP contribution in [0.3, 0.4) is 0 Å². The van der Waals surface area contributed by atoms with Crippen LogP contribution >= 0.6 is 23.2 Å². The Labute approximate surface area is 251 Å². The van der Waals surface area contributed by atoms with Crippen LogP contribution in [0.5, 0.6) is 0 Å². The third-order valence-corrected chi connectivity index (χ3v) is 9.48. The number of carbonyl (C=O) groups excluding carboxylic acids is 1. The molecule has 2 aromatic rings. The Morgan fingerprint density at radius 2 is 1.70 bits per heavy atom. The molecule has 0 bridgehead atoms. The molecule has 6 heteroatoms. The maximum Gasteiger partial charge on any atom is 0.307 e. The van der Waals surface area contributed by atoms with E-state index in [1.807, 2.05) is 19.1 Å². The largest absolute Gasteiger partial charge is 0.466 e. The molecule has 4 rings (SSSR count). The molecule has 4 nitrogen and oxygen atoms in total. The fourth-order valence-electron chi connectivity index (χ4n) is 6.53. The summed E-state index contributed by atoms with van der Waals surface area (Å²) in [5.41, 5.74) is 4.92. The van der Waals surface area contributed by atoms with E-state index in [1.54, 1.807) is 0 Å². The molecule has 1 atom stereocenters. The molecule has 0 saturated heterocycles. The van der Waals surface area contributed by atoms with Gasteiger partial charge in [-0.05, 0) is 69.9 Å². The summed E-state index contributed by atoms with van der Waals surface area (Å²) < 4.78 is 7.81. The van der Waals surface area contributed by atoms with Crippen LogP contribution in [0.2, 0.25) is 10.0 Å². The van der Waals surface area contributed by atoms with Gasteiger partial charge in [0.2, 0.25) is 5.69 Å². The van der Waals surface area contributed by atoms with Crippen LogP contribution < -0.4 is 4.90 Å². The van der Waals surface area contributed by atoms with Crippen LogP contribution in [0.25, 0.3) is 6.08 Å². The van der Waals surface area contributed by atoms with E-state index < -0.39 is 5.41 Å². The molecule has 1 saturated carbocycles. The van der Waals surface area contributed by atoms with Crippen molar-refractivity contribution in [3.63, 3.8) is 0 Å². The third kappa shape index (κ3) is 6.94. The van der Waals surface area contributed by atoms with E-state index in [4.69, 9.17) is 27.9 Å². The Morgan fingerprint density at radius 3 is 2.35 bits per heavy atom. The second-order valence-corrected chi connectivity index (χ2v) is 12.2. The molecule has 2 aromatic carbocycles. The summed E-state index contributed by atoms with van der Waals surface area (Å²) in [4.78, 5) is 15.3. The number of ether oxygens (including phenoxy) is 1. The number of rotatable bonds is 13. The minimum Gasteiger partial charge on any atom is -0.466 e. The number of esters is 1. The van der Waals surface area contributed by atoms with Crippen molar-refractivity contribution >= 4 is 52.3 Å². The molecule has 2 aliphatic rings. The number of fused-ring (bicyclic) bond motifs is 1. The van der Waals surface area contributed by atoms with Gasteiger partial charge in [0.15, 0.2) is 5.71 Å². The number of halogens is 2. The summed E-state index contributed by atoms with van der Waals surface area (Å²) in [7, 11) is 0. The fraction of sp³-hybridized carbons (Fsp3) is 0.529. The van der Waals surface area contributed by atoms with E-state index in [2.05, 4.69) is 66.7 Å². The summed E-state index contributed by atoms with van der Waals surface area (Å²) in [6.07, 6.45) is 13.7. The zero-order chi connectivity index (χ0) is 28.7. The zero-order valence-corrected chi connectivity index (χ0v) is 26.2. The maximum atomic E-state index is 12.9. The van der Waals surface area contributed by atoms with E-state index in [-0.39, 0.29) is 12.4 Å². The molecule has 0 amide bonds. The zero-order valence-electron chi connectivity index (χ0n) is 24.6. The molecule has 1 unspecified atom stereocenters. The number of nitrogens with zero attached hydrogens (tertiary/aromatic N) is 2. The van der Waals surface area contributed by atoms with Gasteiger partial charge in [0.1, 0.15) is 6.54 Å². The first kappa shape index (κ1) is 30.7. The van der Waals surface area contributed by atoms with Crippen LogP contribution in [-0.2, 0) is 14.9 Å². The average molecular weight is 585 g/mol. The minimum absolute atomic E-state index is 0.209. The molecule has 216 valence electrons. The second-order valence-electron chi connectivity index (χ2n) is 11.4. The quantitative estimate of drug-likeness (QED) is 0.134. The number of allylic oxidation sites excluding steroid dienone is 1. The lowest BCUT2D eigenvalue weighted by Gasteiger charge is -2.22. The summed E-state index contributed by atoms with van der Waals surface area (Å²) in [5.74, 6) is 0.676. The molecule has 1 aliphatic heterocycles. The van der Waals surface area contributed by atoms with Crippen molar-refractivity contribution in [2.24, 2.45) is 5.92 Å². The highest BCUT2D eigenvalue weighted by molar-refractivity contribution is 6.42. The number of carbonyl (C=O) groups is 1. The smallest absolute Gasteiger partial charge is 0.307 e. The van der Waals surface area contributed by atoms with Crippen molar-refractivity contribution in [2.75, 3.05) is 31.1 Å². The number of anilines is 1. The van der Waals surface area contributed by atoms with E-state index >= 15 is 0 Å². The van der Waals surface area contributed by atoms with Crippen molar-refractivity contribution in [2.45, 2.75) is 84.5 Å². The molecule has 0 N–H and O–H groups in total. The molecule has 1 fully saturated rings. The summed E-state index contributed by atoms with van der Waals surface area (Å²) >= 11 is 13.1. The van der Waals surface area contributed by atoms with Gasteiger partial charge < -0.3 is 9.64 Å². The summed E-state index contributed by atoms with van der Waals surface area (Å²) in [6, 6.07) is 12.6. The normalized spacial score (nSPS) is 19.1. The van der Waals surface area contributed by atoms with Crippen molar-refractivity contribution in [1.29, 1.82) is 0 Å². The van der Waals surface area contributed by atoms with Gasteiger partial charge in [0.25, 0.3) is 0 Å². The predicted octanol–water partition coefficient (Wildman–Crippen LogP) is 9.22. The number of benzene rings is 2. The monoisotopic (exact) mass is 583 g/mol. The molecule has 0 spiro atoms. The minimum atomic E-state index is -0.584. The molecule has 1 aliphatic carbocycles. The van der Waals surface area contributed by atoms with Crippen molar-refractivity contribution in [1.82, 2.24) is 0 Å². The lowest BCUT2D eigenvalue weighted by Crippen LogP contribution is -2.34.